The van der Waals surface area contributed by atoms with Crippen LogP contribution in [0.2, 0.25) is 0 Å². The van der Waals surface area contributed by atoms with Crippen LogP contribution < -0.4 is 10.5 Å². The van der Waals surface area contributed by atoms with Crippen molar-refractivity contribution in [2.75, 3.05) is 12.3 Å². The number of anilines is 1. The van der Waals surface area contributed by atoms with Gasteiger partial charge in [0.25, 0.3) is 6.43 Å². The minimum atomic E-state index is -3.99. The van der Waals surface area contributed by atoms with Crippen LogP contribution in [-0.2, 0) is 10.0 Å². The molecule has 8 heteroatoms. The van der Waals surface area contributed by atoms with Crippen molar-refractivity contribution in [2.45, 2.75) is 31.3 Å². The lowest BCUT2D eigenvalue weighted by Crippen LogP contribution is -2.36. The highest BCUT2D eigenvalue weighted by Crippen LogP contribution is 2.22. The van der Waals surface area contributed by atoms with E-state index in [1.165, 1.54) is 6.07 Å². The molecule has 1 atom stereocenters. The van der Waals surface area contributed by atoms with E-state index < -0.39 is 29.1 Å². The molecule has 0 aliphatic carbocycles. The van der Waals surface area contributed by atoms with Crippen LogP contribution in [0.4, 0.5) is 14.5 Å². The minimum Gasteiger partial charge on any atom is -0.399 e. The zero-order valence-electron chi connectivity index (χ0n) is 10.5. The fraction of sp³-hybridized carbons (Fsp3) is 0.455. The standard InChI is InChI=1S/C11H16F2N2O3S/c1-6-3-8(14)4-10(7(6)2)19(17,18)15-5-9(16)11(12)13/h3-4,9,11,15-16H,5,14H2,1-2H3. The molecular weight excluding hydrogens is 278 g/mol. The Labute approximate surface area is 110 Å². The van der Waals surface area contributed by atoms with E-state index in [1.54, 1.807) is 19.9 Å². The number of aliphatic hydroxyl groups excluding tert-OH is 1. The number of aryl methyl sites for hydroxylation is 1. The van der Waals surface area contributed by atoms with E-state index in [9.17, 15) is 17.2 Å². The van der Waals surface area contributed by atoms with Crippen molar-refractivity contribution >= 4 is 15.7 Å². The largest absolute Gasteiger partial charge is 0.399 e. The second-order valence-corrected chi connectivity index (χ2v) is 5.95. The van der Waals surface area contributed by atoms with Gasteiger partial charge in [0.15, 0.2) is 0 Å². The number of nitrogen functional groups attached to an aromatic ring is 1. The van der Waals surface area contributed by atoms with Crippen molar-refractivity contribution in [2.24, 2.45) is 0 Å². The topological polar surface area (TPSA) is 92.4 Å². The van der Waals surface area contributed by atoms with Crippen LogP contribution in [0.25, 0.3) is 0 Å². The van der Waals surface area contributed by atoms with Gasteiger partial charge in [-0.3, -0.25) is 0 Å². The lowest BCUT2D eigenvalue weighted by molar-refractivity contribution is -0.000452. The molecule has 0 aliphatic rings. The molecule has 19 heavy (non-hydrogen) atoms. The first-order valence-corrected chi connectivity index (χ1v) is 6.96. The van der Waals surface area contributed by atoms with Gasteiger partial charge in [-0.25, -0.2) is 21.9 Å². The van der Waals surface area contributed by atoms with Crippen LogP contribution in [0.1, 0.15) is 11.1 Å². The van der Waals surface area contributed by atoms with E-state index >= 15 is 0 Å². The molecule has 4 N–H and O–H groups in total. The monoisotopic (exact) mass is 294 g/mol. The minimum absolute atomic E-state index is 0.0773. The van der Waals surface area contributed by atoms with Gasteiger partial charge in [-0.1, -0.05) is 0 Å². The van der Waals surface area contributed by atoms with E-state index in [1.807, 2.05) is 4.72 Å². The molecule has 0 aromatic heterocycles. The first-order valence-electron chi connectivity index (χ1n) is 5.47. The normalized spacial score (nSPS) is 13.8. The summed E-state index contributed by atoms with van der Waals surface area (Å²) >= 11 is 0. The van der Waals surface area contributed by atoms with E-state index in [0.717, 1.165) is 0 Å². The number of nitrogens with one attached hydrogen (secondary N) is 1. The van der Waals surface area contributed by atoms with Crippen LogP contribution >= 0.6 is 0 Å². The molecule has 0 bridgehead atoms. The Morgan fingerprint density at radius 1 is 1.37 bits per heavy atom. The molecular formula is C11H16F2N2O3S. The third-order valence-corrected chi connectivity index (χ3v) is 4.25. The van der Waals surface area contributed by atoms with Gasteiger partial charge >= 0.3 is 0 Å². The summed E-state index contributed by atoms with van der Waals surface area (Å²) in [5.41, 5.74) is 6.99. The molecule has 0 heterocycles. The smallest absolute Gasteiger partial charge is 0.265 e. The van der Waals surface area contributed by atoms with Gasteiger partial charge in [0.2, 0.25) is 10.0 Å². The third kappa shape index (κ3) is 3.85. The van der Waals surface area contributed by atoms with E-state index in [-0.39, 0.29) is 10.6 Å². The first-order chi connectivity index (χ1) is 8.65. The number of aliphatic hydroxyl groups is 1. The van der Waals surface area contributed by atoms with Crippen molar-refractivity contribution in [3.05, 3.63) is 23.3 Å². The Balaban J connectivity index is 3.01. The predicted molar refractivity (Wildman–Crippen MR) is 67.5 cm³/mol. The van der Waals surface area contributed by atoms with Crippen molar-refractivity contribution in [1.82, 2.24) is 4.72 Å². The van der Waals surface area contributed by atoms with E-state index in [4.69, 9.17) is 10.8 Å². The number of halogens is 2. The average Bonchev–Trinajstić information content (AvgIpc) is 2.30. The average molecular weight is 294 g/mol. The van der Waals surface area contributed by atoms with Crippen molar-refractivity contribution in [1.29, 1.82) is 0 Å². The number of hydrogen-bond donors (Lipinski definition) is 3. The highest BCUT2D eigenvalue weighted by molar-refractivity contribution is 7.89. The van der Waals surface area contributed by atoms with Gasteiger partial charge in [-0.15, -0.1) is 0 Å². The second-order valence-electron chi connectivity index (χ2n) is 4.21. The third-order valence-electron chi connectivity index (χ3n) is 2.70. The lowest BCUT2D eigenvalue weighted by atomic mass is 10.1. The van der Waals surface area contributed by atoms with Gasteiger partial charge in [0.05, 0.1) is 4.90 Å². The first kappa shape index (κ1) is 15.8. The Morgan fingerprint density at radius 2 is 1.95 bits per heavy atom. The molecule has 1 unspecified atom stereocenters. The quantitative estimate of drug-likeness (QED) is 0.700. The van der Waals surface area contributed by atoms with Crippen LogP contribution in [-0.4, -0.2) is 32.6 Å². The van der Waals surface area contributed by atoms with Crippen molar-refractivity contribution < 1.29 is 22.3 Å². The molecule has 1 aromatic rings. The summed E-state index contributed by atoms with van der Waals surface area (Å²) in [6, 6.07) is 2.86. The molecule has 0 amide bonds. The maximum absolute atomic E-state index is 12.1. The van der Waals surface area contributed by atoms with Gasteiger partial charge in [0.1, 0.15) is 6.10 Å². The van der Waals surface area contributed by atoms with Crippen LogP contribution in [0.3, 0.4) is 0 Å². The van der Waals surface area contributed by atoms with Gasteiger partial charge in [-0.2, -0.15) is 0 Å². The summed E-state index contributed by atoms with van der Waals surface area (Å²) in [6.07, 6.45) is -5.05. The molecule has 0 spiro atoms. The summed E-state index contributed by atoms with van der Waals surface area (Å²) in [5.74, 6) is 0. The number of hydrogen-bond acceptors (Lipinski definition) is 4. The van der Waals surface area contributed by atoms with Gasteiger partial charge < -0.3 is 10.8 Å². The summed E-state index contributed by atoms with van der Waals surface area (Å²) in [4.78, 5) is -0.0773. The summed E-state index contributed by atoms with van der Waals surface area (Å²) in [7, 11) is -3.99. The Kier molecular flexibility index (Phi) is 4.83. The zero-order chi connectivity index (χ0) is 14.8. The summed E-state index contributed by atoms with van der Waals surface area (Å²) in [5, 5.41) is 8.91. The number of benzene rings is 1. The molecule has 0 fully saturated rings. The number of rotatable bonds is 5. The van der Waals surface area contributed by atoms with Crippen LogP contribution in [0.5, 0.6) is 0 Å². The highest BCUT2D eigenvalue weighted by Gasteiger charge is 2.23. The summed E-state index contributed by atoms with van der Waals surface area (Å²) in [6.45, 7) is 2.53. The molecule has 0 saturated heterocycles. The Bertz CT molecular complexity index is 561. The second kappa shape index (κ2) is 5.81. The SMILES string of the molecule is Cc1cc(N)cc(S(=O)(=O)NCC(O)C(F)F)c1C. The number of sulfonamides is 1. The molecule has 0 saturated carbocycles. The van der Waals surface area contributed by atoms with E-state index in [2.05, 4.69) is 0 Å². The van der Waals surface area contributed by atoms with Crippen LogP contribution in [0.15, 0.2) is 17.0 Å². The fourth-order valence-corrected chi connectivity index (χ4v) is 2.90. The van der Waals surface area contributed by atoms with E-state index in [0.29, 0.717) is 11.1 Å². The van der Waals surface area contributed by atoms with Crippen LogP contribution in [0, 0.1) is 13.8 Å². The maximum atomic E-state index is 12.1. The van der Waals surface area contributed by atoms with Gasteiger partial charge in [0, 0.05) is 12.2 Å². The molecule has 108 valence electrons. The number of nitrogens with two attached hydrogens (primary N) is 1. The molecule has 0 aliphatic heterocycles. The van der Waals surface area contributed by atoms with Crippen molar-refractivity contribution in [3.63, 3.8) is 0 Å². The van der Waals surface area contributed by atoms with Gasteiger partial charge in [-0.05, 0) is 37.1 Å². The molecule has 1 rings (SSSR count). The molecule has 1 aromatic carbocycles. The predicted octanol–water partition coefficient (Wildman–Crippen LogP) is 0.790. The molecule has 5 nitrogen and oxygen atoms in total. The molecule has 0 radical (unpaired) electrons. The number of alkyl halides is 2. The Morgan fingerprint density at radius 3 is 2.47 bits per heavy atom. The summed E-state index contributed by atoms with van der Waals surface area (Å²) < 4.78 is 50.1. The maximum Gasteiger partial charge on any atom is 0.265 e. The zero-order valence-corrected chi connectivity index (χ0v) is 11.3. The van der Waals surface area contributed by atoms with Crippen molar-refractivity contribution in [3.8, 4) is 0 Å². The fourth-order valence-electron chi connectivity index (χ4n) is 1.49. The Hall–Kier alpha value is -1.25. The highest BCUT2D eigenvalue weighted by atomic mass is 32.2. The lowest BCUT2D eigenvalue weighted by Gasteiger charge is -2.14.